The highest BCUT2D eigenvalue weighted by Crippen LogP contribution is 2.22. The smallest absolute Gasteiger partial charge is 0.262 e. The van der Waals surface area contributed by atoms with Crippen LogP contribution in [0.25, 0.3) is 11.5 Å². The van der Waals surface area contributed by atoms with Crippen molar-refractivity contribution in [1.82, 2.24) is 24.0 Å². The molecule has 0 radical (unpaired) electrons. The van der Waals surface area contributed by atoms with Crippen LogP contribution in [0, 0.1) is 0 Å². The zero-order valence-electron chi connectivity index (χ0n) is 14.5. The van der Waals surface area contributed by atoms with Crippen LogP contribution in [-0.2, 0) is 16.6 Å². The molecule has 2 aromatic heterocycles. The Morgan fingerprint density at radius 3 is 2.78 bits per heavy atom. The van der Waals surface area contributed by atoms with E-state index in [0.29, 0.717) is 24.8 Å². The van der Waals surface area contributed by atoms with Gasteiger partial charge in [0.2, 0.25) is 0 Å². The van der Waals surface area contributed by atoms with Gasteiger partial charge in [-0.3, -0.25) is 0 Å². The summed E-state index contributed by atoms with van der Waals surface area (Å²) in [5.41, 5.74) is 0.808. The quantitative estimate of drug-likeness (QED) is 0.591. The Morgan fingerprint density at radius 2 is 2.00 bits per heavy atom. The fraction of sp³-hybridized carbons (Fsp3) is 0.353. The molecular weight excluding hydrogens is 434 g/mol. The first-order chi connectivity index (χ1) is 13.0. The van der Waals surface area contributed by atoms with E-state index in [9.17, 15) is 8.42 Å². The van der Waals surface area contributed by atoms with Crippen LogP contribution in [-0.4, -0.2) is 45.5 Å². The first kappa shape index (κ1) is 18.3. The molecule has 0 aliphatic carbocycles. The maximum atomic E-state index is 12.7. The number of nitrogens with zero attached hydrogens (tertiary/aromatic N) is 5. The molecule has 0 atom stereocenters. The van der Waals surface area contributed by atoms with Gasteiger partial charge in [0.15, 0.2) is 10.9 Å². The third kappa shape index (κ3) is 3.97. The molecule has 1 fully saturated rings. The lowest BCUT2D eigenvalue weighted by molar-refractivity contribution is 0.345. The van der Waals surface area contributed by atoms with Crippen LogP contribution >= 0.6 is 15.9 Å². The molecule has 0 amide bonds. The second-order valence-electron chi connectivity index (χ2n) is 6.38. The van der Waals surface area contributed by atoms with E-state index in [-0.39, 0.29) is 11.6 Å². The van der Waals surface area contributed by atoms with Gasteiger partial charge >= 0.3 is 0 Å². The number of hydrogen-bond acceptors (Lipinski definition) is 6. The van der Waals surface area contributed by atoms with Crippen molar-refractivity contribution in [2.24, 2.45) is 0 Å². The van der Waals surface area contributed by atoms with Crippen molar-refractivity contribution >= 4 is 26.0 Å². The van der Waals surface area contributed by atoms with Crippen molar-refractivity contribution in [2.45, 2.75) is 30.8 Å². The molecule has 3 aromatic rings. The third-order valence-electron chi connectivity index (χ3n) is 4.39. The summed E-state index contributed by atoms with van der Waals surface area (Å²) in [4.78, 5) is 8.45. The Hall–Kier alpha value is -2.04. The van der Waals surface area contributed by atoms with E-state index in [1.165, 1.54) is 16.8 Å². The standard InChI is InChI=1S/C17H18BrN5O3S/c18-14-6-4-5-13(9-14)17-20-15(21-26-17)10-22-11-16(19-12-22)27(24,25)23-7-2-1-3-8-23/h4-6,9,11-12H,1-3,7-8,10H2. The van der Waals surface area contributed by atoms with Crippen LogP contribution in [0.2, 0.25) is 0 Å². The van der Waals surface area contributed by atoms with E-state index >= 15 is 0 Å². The molecule has 0 N–H and O–H groups in total. The predicted octanol–water partition coefficient (Wildman–Crippen LogP) is 2.92. The molecule has 27 heavy (non-hydrogen) atoms. The van der Waals surface area contributed by atoms with Crippen LogP contribution in [0.4, 0.5) is 0 Å². The molecule has 3 heterocycles. The van der Waals surface area contributed by atoms with Crippen LogP contribution in [0.15, 0.2) is 50.8 Å². The van der Waals surface area contributed by atoms with Gasteiger partial charge in [-0.1, -0.05) is 33.6 Å². The third-order valence-corrected chi connectivity index (χ3v) is 6.67. The minimum atomic E-state index is -3.54. The molecule has 0 bridgehead atoms. The average Bonchev–Trinajstić information content (AvgIpc) is 3.33. The molecule has 0 saturated carbocycles. The maximum absolute atomic E-state index is 12.7. The predicted molar refractivity (Wildman–Crippen MR) is 101 cm³/mol. The first-order valence-electron chi connectivity index (χ1n) is 8.63. The molecule has 1 aromatic carbocycles. The molecule has 1 aliphatic heterocycles. The lowest BCUT2D eigenvalue weighted by Gasteiger charge is -2.24. The highest BCUT2D eigenvalue weighted by atomic mass is 79.9. The summed E-state index contributed by atoms with van der Waals surface area (Å²) in [5, 5.41) is 4.02. The van der Waals surface area contributed by atoms with Crippen LogP contribution < -0.4 is 0 Å². The van der Waals surface area contributed by atoms with Gasteiger partial charge in [0.05, 0.1) is 12.9 Å². The van der Waals surface area contributed by atoms with E-state index in [0.717, 1.165) is 29.3 Å². The maximum Gasteiger partial charge on any atom is 0.262 e. The molecule has 1 aliphatic rings. The van der Waals surface area contributed by atoms with Gasteiger partial charge in [-0.05, 0) is 31.0 Å². The fourth-order valence-electron chi connectivity index (χ4n) is 3.02. The molecule has 0 unspecified atom stereocenters. The van der Waals surface area contributed by atoms with Gasteiger partial charge < -0.3 is 9.09 Å². The van der Waals surface area contributed by atoms with E-state index in [1.54, 1.807) is 4.57 Å². The number of rotatable bonds is 5. The summed E-state index contributed by atoms with van der Waals surface area (Å²) in [6, 6.07) is 7.56. The minimum Gasteiger partial charge on any atom is -0.334 e. The lowest BCUT2D eigenvalue weighted by Crippen LogP contribution is -2.35. The summed E-state index contributed by atoms with van der Waals surface area (Å²) in [5.74, 6) is 0.858. The Balaban J connectivity index is 1.50. The van der Waals surface area contributed by atoms with Gasteiger partial charge in [0, 0.05) is 29.3 Å². The van der Waals surface area contributed by atoms with Crippen molar-refractivity contribution in [1.29, 1.82) is 0 Å². The largest absolute Gasteiger partial charge is 0.334 e. The van der Waals surface area contributed by atoms with Gasteiger partial charge in [-0.25, -0.2) is 13.4 Å². The summed E-state index contributed by atoms with van der Waals surface area (Å²) in [6.07, 6.45) is 5.84. The summed E-state index contributed by atoms with van der Waals surface area (Å²) >= 11 is 3.41. The van der Waals surface area contributed by atoms with Gasteiger partial charge in [0.1, 0.15) is 0 Å². The summed E-state index contributed by atoms with van der Waals surface area (Å²) < 4.78 is 34.7. The minimum absolute atomic E-state index is 0.0557. The number of piperidine rings is 1. The highest BCUT2D eigenvalue weighted by Gasteiger charge is 2.28. The summed E-state index contributed by atoms with van der Waals surface area (Å²) in [7, 11) is -3.54. The van der Waals surface area contributed by atoms with Crippen LogP contribution in [0.1, 0.15) is 25.1 Å². The Labute approximate surface area is 165 Å². The molecule has 0 spiro atoms. The number of halogens is 1. The van der Waals surface area contributed by atoms with Crippen molar-refractivity contribution in [3.63, 3.8) is 0 Å². The lowest BCUT2D eigenvalue weighted by atomic mass is 10.2. The van der Waals surface area contributed by atoms with E-state index < -0.39 is 10.0 Å². The monoisotopic (exact) mass is 451 g/mol. The number of sulfonamides is 1. The molecule has 1 saturated heterocycles. The normalized spacial score (nSPS) is 15.9. The van der Waals surface area contributed by atoms with Crippen molar-refractivity contribution in [3.05, 3.63) is 47.1 Å². The van der Waals surface area contributed by atoms with E-state index in [2.05, 4.69) is 31.1 Å². The molecule has 10 heteroatoms. The zero-order chi connectivity index (χ0) is 18.9. The second-order valence-corrected chi connectivity index (χ2v) is 9.18. The topological polar surface area (TPSA) is 94.1 Å². The van der Waals surface area contributed by atoms with E-state index in [1.807, 2.05) is 24.3 Å². The first-order valence-corrected chi connectivity index (χ1v) is 10.9. The Morgan fingerprint density at radius 1 is 1.19 bits per heavy atom. The average molecular weight is 452 g/mol. The number of imidazole rings is 1. The van der Waals surface area contributed by atoms with Crippen LogP contribution in [0.3, 0.4) is 0 Å². The number of aromatic nitrogens is 4. The highest BCUT2D eigenvalue weighted by molar-refractivity contribution is 9.10. The van der Waals surface area contributed by atoms with Crippen molar-refractivity contribution < 1.29 is 12.9 Å². The Bertz CT molecular complexity index is 1040. The molecule has 8 nitrogen and oxygen atoms in total. The van der Waals surface area contributed by atoms with Crippen LogP contribution in [0.5, 0.6) is 0 Å². The molecule has 4 rings (SSSR count). The fourth-order valence-corrected chi connectivity index (χ4v) is 4.87. The number of hydrogen-bond donors (Lipinski definition) is 0. The second kappa shape index (κ2) is 7.53. The molecular formula is C17H18BrN5O3S. The summed E-state index contributed by atoms with van der Waals surface area (Å²) in [6.45, 7) is 1.38. The van der Waals surface area contributed by atoms with Crippen molar-refractivity contribution in [2.75, 3.05) is 13.1 Å². The van der Waals surface area contributed by atoms with Gasteiger partial charge in [-0.15, -0.1) is 0 Å². The SMILES string of the molecule is O=S(=O)(c1cn(Cc2noc(-c3cccc(Br)c3)n2)cn1)N1CCCCC1. The zero-order valence-corrected chi connectivity index (χ0v) is 16.9. The molecule has 142 valence electrons. The van der Waals surface area contributed by atoms with Crippen molar-refractivity contribution in [3.8, 4) is 11.5 Å². The Kier molecular flexibility index (Phi) is 5.11. The van der Waals surface area contributed by atoms with Gasteiger partial charge in [-0.2, -0.15) is 9.29 Å². The van der Waals surface area contributed by atoms with E-state index in [4.69, 9.17) is 4.52 Å². The number of benzene rings is 1. The van der Waals surface area contributed by atoms with Gasteiger partial charge in [0.25, 0.3) is 15.9 Å².